The minimum Gasteiger partial charge on any atom is -0.394 e. The van der Waals surface area contributed by atoms with Crippen molar-refractivity contribution in [3.63, 3.8) is 0 Å². The monoisotopic (exact) mass is 105 g/mol. The molecule has 3 nitrogen and oxygen atoms in total. The highest BCUT2D eigenvalue weighted by Gasteiger charge is 1.98. The van der Waals surface area contributed by atoms with Gasteiger partial charge in [-0.05, 0) is 0 Å². The van der Waals surface area contributed by atoms with Crippen LogP contribution in [0.4, 0.5) is 0 Å². The number of nitrogens with two attached hydrogens (primary N) is 1. The standard InChI is InChI=1S/C4H11NO2/c1-7-4(2-5)3-6/h4,6H,2-3,5H2,1H3/t4-/m0/s1. The van der Waals surface area contributed by atoms with E-state index in [2.05, 4.69) is 4.74 Å². The molecule has 0 unspecified atom stereocenters. The van der Waals surface area contributed by atoms with Gasteiger partial charge < -0.3 is 15.6 Å². The number of methoxy groups -OCH3 is 1. The predicted octanol–water partition coefficient (Wildman–Crippen LogP) is -1.05. The molecule has 0 aliphatic carbocycles. The summed E-state index contributed by atoms with van der Waals surface area (Å²) in [5.41, 5.74) is 5.11. The van der Waals surface area contributed by atoms with Crippen LogP contribution in [0.3, 0.4) is 0 Å². The first kappa shape index (κ1) is 6.88. The zero-order valence-corrected chi connectivity index (χ0v) is 4.42. The van der Waals surface area contributed by atoms with Gasteiger partial charge in [0.05, 0.1) is 12.7 Å². The van der Waals surface area contributed by atoms with E-state index in [-0.39, 0.29) is 12.7 Å². The van der Waals surface area contributed by atoms with Gasteiger partial charge in [0, 0.05) is 13.7 Å². The van der Waals surface area contributed by atoms with Crippen LogP contribution in [-0.2, 0) is 4.74 Å². The zero-order valence-electron chi connectivity index (χ0n) is 4.42. The van der Waals surface area contributed by atoms with E-state index in [1.165, 1.54) is 7.11 Å². The van der Waals surface area contributed by atoms with E-state index in [0.717, 1.165) is 0 Å². The van der Waals surface area contributed by atoms with Crippen molar-refractivity contribution in [2.24, 2.45) is 5.73 Å². The number of aliphatic hydroxyl groups excluding tert-OH is 1. The Balaban J connectivity index is 2.99. The number of rotatable bonds is 3. The minimum absolute atomic E-state index is 0.00694. The summed E-state index contributed by atoms with van der Waals surface area (Å²) in [6.07, 6.45) is -0.181. The largest absolute Gasteiger partial charge is 0.394 e. The van der Waals surface area contributed by atoms with Gasteiger partial charge in [0.2, 0.25) is 0 Å². The van der Waals surface area contributed by atoms with Crippen molar-refractivity contribution in [1.82, 2.24) is 0 Å². The molecule has 0 heterocycles. The predicted molar refractivity (Wildman–Crippen MR) is 26.9 cm³/mol. The van der Waals surface area contributed by atoms with Gasteiger partial charge in [-0.15, -0.1) is 0 Å². The van der Waals surface area contributed by atoms with Crippen molar-refractivity contribution < 1.29 is 9.84 Å². The number of ether oxygens (including phenoxy) is 1. The summed E-state index contributed by atoms with van der Waals surface area (Å²) in [6, 6.07) is 0. The van der Waals surface area contributed by atoms with Gasteiger partial charge in [-0.2, -0.15) is 0 Å². The topological polar surface area (TPSA) is 55.5 Å². The average Bonchev–Trinajstić information content (AvgIpc) is 1.72. The quantitative estimate of drug-likeness (QED) is 0.481. The molecular formula is C4H11NO2. The lowest BCUT2D eigenvalue weighted by Crippen LogP contribution is -2.25. The van der Waals surface area contributed by atoms with Gasteiger partial charge in [-0.1, -0.05) is 0 Å². The highest BCUT2D eigenvalue weighted by atomic mass is 16.5. The number of hydrogen-bond donors (Lipinski definition) is 2. The molecule has 3 heteroatoms. The van der Waals surface area contributed by atoms with Crippen LogP contribution < -0.4 is 5.73 Å². The van der Waals surface area contributed by atoms with Crippen molar-refractivity contribution in [1.29, 1.82) is 0 Å². The van der Waals surface area contributed by atoms with Gasteiger partial charge in [0.25, 0.3) is 0 Å². The third-order valence-corrected chi connectivity index (χ3v) is 0.800. The summed E-state index contributed by atoms with van der Waals surface area (Å²) < 4.78 is 4.67. The molecule has 3 N–H and O–H groups in total. The van der Waals surface area contributed by atoms with E-state index in [4.69, 9.17) is 10.8 Å². The first-order valence-electron chi connectivity index (χ1n) is 2.18. The van der Waals surface area contributed by atoms with Gasteiger partial charge >= 0.3 is 0 Å². The summed E-state index contributed by atoms with van der Waals surface area (Å²) in [7, 11) is 1.52. The normalized spacial score (nSPS) is 14.1. The van der Waals surface area contributed by atoms with E-state index in [1.54, 1.807) is 0 Å². The lowest BCUT2D eigenvalue weighted by Gasteiger charge is -2.06. The molecule has 0 radical (unpaired) electrons. The number of aliphatic hydroxyl groups is 1. The Morgan fingerprint density at radius 3 is 2.43 bits per heavy atom. The van der Waals surface area contributed by atoms with E-state index < -0.39 is 0 Å². The lowest BCUT2D eigenvalue weighted by molar-refractivity contribution is 0.0553. The van der Waals surface area contributed by atoms with Crippen LogP contribution in [0, 0.1) is 0 Å². The van der Waals surface area contributed by atoms with Crippen LogP contribution in [0.1, 0.15) is 0 Å². The molecule has 0 aromatic rings. The molecule has 7 heavy (non-hydrogen) atoms. The highest BCUT2D eigenvalue weighted by molar-refractivity contribution is 4.52. The minimum atomic E-state index is -0.181. The fourth-order valence-electron chi connectivity index (χ4n) is 0.245. The molecule has 0 saturated carbocycles. The van der Waals surface area contributed by atoms with Crippen molar-refractivity contribution in [2.45, 2.75) is 6.10 Å². The van der Waals surface area contributed by atoms with Crippen LogP contribution in [0.25, 0.3) is 0 Å². The van der Waals surface area contributed by atoms with Gasteiger partial charge in [-0.25, -0.2) is 0 Å². The Morgan fingerprint density at radius 2 is 2.43 bits per heavy atom. The van der Waals surface area contributed by atoms with E-state index in [0.29, 0.717) is 6.54 Å². The van der Waals surface area contributed by atoms with Gasteiger partial charge in [0.1, 0.15) is 0 Å². The van der Waals surface area contributed by atoms with Crippen LogP contribution in [-0.4, -0.2) is 31.5 Å². The summed E-state index contributed by atoms with van der Waals surface area (Å²) in [5.74, 6) is 0. The molecule has 0 spiro atoms. The third-order valence-electron chi connectivity index (χ3n) is 0.800. The number of hydrogen-bond acceptors (Lipinski definition) is 3. The molecule has 44 valence electrons. The maximum atomic E-state index is 8.32. The Kier molecular flexibility index (Phi) is 3.98. The zero-order chi connectivity index (χ0) is 5.70. The first-order chi connectivity index (χ1) is 3.35. The molecular weight excluding hydrogens is 94.0 g/mol. The third kappa shape index (κ3) is 2.56. The average molecular weight is 105 g/mol. The second kappa shape index (κ2) is 4.05. The summed E-state index contributed by atoms with van der Waals surface area (Å²) >= 11 is 0. The van der Waals surface area contributed by atoms with Crippen molar-refractivity contribution >= 4 is 0 Å². The summed E-state index contributed by atoms with van der Waals surface area (Å²) in [6.45, 7) is 0.389. The van der Waals surface area contributed by atoms with Gasteiger partial charge in [0.15, 0.2) is 0 Å². The molecule has 0 amide bonds. The fourth-order valence-corrected chi connectivity index (χ4v) is 0.245. The van der Waals surface area contributed by atoms with Crippen molar-refractivity contribution in [3.8, 4) is 0 Å². The van der Waals surface area contributed by atoms with Crippen LogP contribution in [0.5, 0.6) is 0 Å². The molecule has 0 aliphatic rings. The molecule has 1 atom stereocenters. The molecule has 0 rings (SSSR count). The van der Waals surface area contributed by atoms with Crippen molar-refractivity contribution in [3.05, 3.63) is 0 Å². The Labute approximate surface area is 43.1 Å². The second-order valence-electron chi connectivity index (χ2n) is 1.28. The lowest BCUT2D eigenvalue weighted by atomic mass is 10.4. The Morgan fingerprint density at radius 1 is 1.86 bits per heavy atom. The second-order valence-corrected chi connectivity index (χ2v) is 1.28. The molecule has 0 bridgehead atoms. The molecule has 0 fully saturated rings. The SMILES string of the molecule is CO[C@@H](CN)CO. The van der Waals surface area contributed by atoms with E-state index in [1.807, 2.05) is 0 Å². The maximum Gasteiger partial charge on any atom is 0.0923 e. The van der Waals surface area contributed by atoms with E-state index >= 15 is 0 Å². The fraction of sp³-hybridized carbons (Fsp3) is 1.00. The maximum absolute atomic E-state index is 8.32. The molecule has 0 aromatic carbocycles. The summed E-state index contributed by atoms with van der Waals surface area (Å²) in [5, 5.41) is 8.32. The van der Waals surface area contributed by atoms with Gasteiger partial charge in [-0.3, -0.25) is 0 Å². The highest BCUT2D eigenvalue weighted by Crippen LogP contribution is 1.80. The Hall–Kier alpha value is -0.120. The molecule has 0 saturated heterocycles. The summed E-state index contributed by atoms with van der Waals surface area (Å²) in [4.78, 5) is 0. The van der Waals surface area contributed by atoms with Crippen molar-refractivity contribution in [2.75, 3.05) is 20.3 Å². The first-order valence-corrected chi connectivity index (χ1v) is 2.18. The van der Waals surface area contributed by atoms with Crippen LogP contribution in [0.2, 0.25) is 0 Å². The molecule has 0 aromatic heterocycles. The van der Waals surface area contributed by atoms with E-state index in [9.17, 15) is 0 Å². The Bertz CT molecular complexity index is 31.2. The molecule has 0 aliphatic heterocycles. The smallest absolute Gasteiger partial charge is 0.0923 e. The van der Waals surface area contributed by atoms with Crippen LogP contribution >= 0.6 is 0 Å². The van der Waals surface area contributed by atoms with Crippen LogP contribution in [0.15, 0.2) is 0 Å².